The van der Waals surface area contributed by atoms with Crippen molar-refractivity contribution < 1.29 is 14.3 Å². The zero-order chi connectivity index (χ0) is 17.9. The number of aromatic nitrogens is 1. The van der Waals surface area contributed by atoms with Crippen LogP contribution in [0.25, 0.3) is 10.9 Å². The molecule has 1 atom stereocenters. The quantitative estimate of drug-likeness (QED) is 0.736. The van der Waals surface area contributed by atoms with Crippen LogP contribution in [-0.2, 0) is 4.74 Å². The van der Waals surface area contributed by atoms with Gasteiger partial charge >= 0.3 is 0 Å². The van der Waals surface area contributed by atoms with Crippen LogP contribution in [0.5, 0.6) is 0 Å². The molecule has 3 aromatic rings. The molecule has 1 saturated heterocycles. The van der Waals surface area contributed by atoms with E-state index in [2.05, 4.69) is 4.98 Å². The summed E-state index contributed by atoms with van der Waals surface area (Å²) in [7, 11) is 0. The molecule has 1 aliphatic heterocycles. The normalized spacial score (nSPS) is 17.4. The van der Waals surface area contributed by atoms with Gasteiger partial charge in [0.1, 0.15) is 5.69 Å². The maximum atomic E-state index is 13.0. The number of amides is 1. The molecule has 1 aliphatic rings. The van der Waals surface area contributed by atoms with E-state index < -0.39 is 0 Å². The maximum absolute atomic E-state index is 13.0. The second kappa shape index (κ2) is 7.14. The van der Waals surface area contributed by atoms with Crippen molar-refractivity contribution in [2.45, 2.75) is 12.5 Å². The summed E-state index contributed by atoms with van der Waals surface area (Å²) in [5.41, 5.74) is 2.14. The smallest absolute Gasteiger partial charge is 0.270 e. The summed E-state index contributed by atoms with van der Waals surface area (Å²) in [6.45, 7) is 1.35. The molecule has 0 aliphatic carbocycles. The highest BCUT2D eigenvalue weighted by molar-refractivity contribution is 5.99. The van der Waals surface area contributed by atoms with E-state index in [9.17, 15) is 9.59 Å². The first-order valence-electron chi connectivity index (χ1n) is 8.77. The minimum Gasteiger partial charge on any atom is -0.377 e. The molecule has 1 fully saturated rings. The molecule has 26 heavy (non-hydrogen) atoms. The van der Waals surface area contributed by atoms with E-state index in [-0.39, 0.29) is 24.2 Å². The minimum atomic E-state index is -0.254. The fourth-order valence-electron chi connectivity index (χ4n) is 3.39. The maximum Gasteiger partial charge on any atom is 0.270 e. The van der Waals surface area contributed by atoms with E-state index in [0.717, 1.165) is 10.9 Å². The number of ether oxygens (including phenoxy) is 1. The Balaban J connectivity index is 1.55. The van der Waals surface area contributed by atoms with Crippen molar-refractivity contribution in [3.8, 4) is 0 Å². The van der Waals surface area contributed by atoms with Gasteiger partial charge in [0.05, 0.1) is 19.3 Å². The van der Waals surface area contributed by atoms with E-state index in [1.54, 1.807) is 17.0 Å². The molecule has 1 N–H and O–H groups in total. The van der Waals surface area contributed by atoms with Crippen LogP contribution >= 0.6 is 0 Å². The highest BCUT2D eigenvalue weighted by Gasteiger charge is 2.30. The molecule has 0 unspecified atom stereocenters. The van der Waals surface area contributed by atoms with Gasteiger partial charge in [0, 0.05) is 29.4 Å². The number of Topliss-reactive ketones (excluding diaryl/α,β-unsaturated/α-hetero) is 1. The number of ketones is 1. The van der Waals surface area contributed by atoms with Gasteiger partial charge in [0.25, 0.3) is 5.91 Å². The second-order valence-corrected chi connectivity index (χ2v) is 6.49. The van der Waals surface area contributed by atoms with Crippen molar-refractivity contribution in [1.82, 2.24) is 9.88 Å². The predicted octanol–water partition coefficient (Wildman–Crippen LogP) is 3.28. The first-order valence-corrected chi connectivity index (χ1v) is 8.77. The lowest BCUT2D eigenvalue weighted by Crippen LogP contribution is -2.49. The third kappa shape index (κ3) is 3.26. The molecule has 0 radical (unpaired) electrons. The molecule has 2 heterocycles. The van der Waals surface area contributed by atoms with Crippen molar-refractivity contribution in [3.05, 3.63) is 71.9 Å². The van der Waals surface area contributed by atoms with Crippen LogP contribution in [-0.4, -0.2) is 47.4 Å². The van der Waals surface area contributed by atoms with Gasteiger partial charge in [0.15, 0.2) is 5.78 Å². The van der Waals surface area contributed by atoms with Gasteiger partial charge in [-0.1, -0.05) is 48.5 Å². The third-order valence-electron chi connectivity index (χ3n) is 4.77. The van der Waals surface area contributed by atoms with Crippen LogP contribution in [0.4, 0.5) is 0 Å². The molecule has 132 valence electrons. The van der Waals surface area contributed by atoms with Crippen molar-refractivity contribution in [1.29, 1.82) is 0 Å². The molecule has 4 rings (SSSR count). The predicted molar refractivity (Wildman–Crippen MR) is 99.3 cm³/mol. The summed E-state index contributed by atoms with van der Waals surface area (Å²) in [6.07, 6.45) is 0.260. The Morgan fingerprint density at radius 3 is 2.65 bits per heavy atom. The zero-order valence-corrected chi connectivity index (χ0v) is 14.4. The topological polar surface area (TPSA) is 62.4 Å². The van der Waals surface area contributed by atoms with E-state index in [0.29, 0.717) is 31.0 Å². The Morgan fingerprint density at radius 2 is 1.85 bits per heavy atom. The van der Waals surface area contributed by atoms with Crippen LogP contribution in [0.3, 0.4) is 0 Å². The minimum absolute atomic E-state index is 0.0237. The molecule has 0 saturated carbocycles. The SMILES string of the molecule is O=C(C[C@H]1COCCN1C(=O)c1cc2ccccc2[nH]1)c1ccccc1. The van der Waals surface area contributed by atoms with Gasteiger partial charge in [0.2, 0.25) is 0 Å². The number of benzene rings is 2. The van der Waals surface area contributed by atoms with E-state index in [1.807, 2.05) is 48.5 Å². The van der Waals surface area contributed by atoms with Gasteiger partial charge in [-0.15, -0.1) is 0 Å². The highest BCUT2D eigenvalue weighted by atomic mass is 16.5. The first kappa shape index (κ1) is 16.5. The first-order chi connectivity index (χ1) is 12.7. The monoisotopic (exact) mass is 348 g/mol. The number of carbonyl (C=O) groups is 2. The number of fused-ring (bicyclic) bond motifs is 1. The lowest BCUT2D eigenvalue weighted by molar-refractivity contribution is -0.00306. The molecule has 1 amide bonds. The van der Waals surface area contributed by atoms with Crippen molar-refractivity contribution in [2.75, 3.05) is 19.8 Å². The second-order valence-electron chi connectivity index (χ2n) is 6.49. The van der Waals surface area contributed by atoms with E-state index >= 15 is 0 Å². The number of carbonyl (C=O) groups excluding carboxylic acids is 2. The average Bonchev–Trinajstić information content (AvgIpc) is 3.13. The summed E-state index contributed by atoms with van der Waals surface area (Å²) in [5.74, 6) is -0.0640. The third-order valence-corrected chi connectivity index (χ3v) is 4.77. The lowest BCUT2D eigenvalue weighted by atomic mass is 10.0. The Labute approximate surface area is 151 Å². The Morgan fingerprint density at radius 1 is 1.08 bits per heavy atom. The molecule has 1 aromatic heterocycles. The summed E-state index contributed by atoms with van der Waals surface area (Å²) in [4.78, 5) is 30.5. The average molecular weight is 348 g/mol. The van der Waals surface area contributed by atoms with E-state index in [1.165, 1.54) is 0 Å². The Kier molecular flexibility index (Phi) is 4.54. The Hall–Kier alpha value is -2.92. The fraction of sp³-hybridized carbons (Fsp3) is 0.238. The molecular weight excluding hydrogens is 328 g/mol. The fourth-order valence-corrected chi connectivity index (χ4v) is 3.39. The number of morpholine rings is 1. The van der Waals surface area contributed by atoms with Gasteiger partial charge in [-0.25, -0.2) is 0 Å². The molecule has 5 heteroatoms. The van der Waals surface area contributed by atoms with Crippen molar-refractivity contribution in [2.24, 2.45) is 0 Å². The number of nitrogens with zero attached hydrogens (tertiary/aromatic N) is 1. The van der Waals surface area contributed by atoms with Crippen LogP contribution in [0.2, 0.25) is 0 Å². The number of rotatable bonds is 4. The molecule has 5 nitrogen and oxygen atoms in total. The number of hydrogen-bond donors (Lipinski definition) is 1. The van der Waals surface area contributed by atoms with Crippen LogP contribution in [0.15, 0.2) is 60.7 Å². The van der Waals surface area contributed by atoms with Crippen LogP contribution in [0.1, 0.15) is 27.3 Å². The van der Waals surface area contributed by atoms with Crippen LogP contribution in [0, 0.1) is 0 Å². The van der Waals surface area contributed by atoms with Gasteiger partial charge in [-0.3, -0.25) is 9.59 Å². The summed E-state index contributed by atoms with van der Waals surface area (Å²) in [5, 5.41) is 1.00. The standard InChI is InChI=1S/C21H20N2O3/c24-20(15-6-2-1-3-7-15)13-17-14-26-11-10-23(17)21(25)19-12-16-8-4-5-9-18(16)22-19/h1-9,12,17,22H,10-11,13-14H2/t17-/m0/s1. The van der Waals surface area contributed by atoms with Gasteiger partial charge in [-0.05, 0) is 12.1 Å². The van der Waals surface area contributed by atoms with Crippen molar-refractivity contribution >= 4 is 22.6 Å². The zero-order valence-electron chi connectivity index (χ0n) is 14.4. The summed E-state index contributed by atoms with van der Waals surface area (Å²) in [6, 6.07) is 18.6. The number of nitrogens with one attached hydrogen (secondary N) is 1. The molecular formula is C21H20N2O3. The lowest BCUT2D eigenvalue weighted by Gasteiger charge is -2.35. The van der Waals surface area contributed by atoms with Gasteiger partial charge < -0.3 is 14.6 Å². The summed E-state index contributed by atoms with van der Waals surface area (Å²) < 4.78 is 5.54. The number of H-pyrrole nitrogens is 1. The molecule has 2 aromatic carbocycles. The molecule has 0 spiro atoms. The number of aromatic amines is 1. The van der Waals surface area contributed by atoms with Gasteiger partial charge in [-0.2, -0.15) is 0 Å². The number of hydrogen-bond acceptors (Lipinski definition) is 3. The van der Waals surface area contributed by atoms with Crippen molar-refractivity contribution in [3.63, 3.8) is 0 Å². The largest absolute Gasteiger partial charge is 0.377 e. The summed E-state index contributed by atoms with van der Waals surface area (Å²) >= 11 is 0. The molecule has 0 bridgehead atoms. The highest BCUT2D eigenvalue weighted by Crippen LogP contribution is 2.20. The van der Waals surface area contributed by atoms with Crippen LogP contribution < -0.4 is 0 Å². The number of para-hydroxylation sites is 1. The Bertz CT molecular complexity index is 900. The van der Waals surface area contributed by atoms with E-state index in [4.69, 9.17) is 4.74 Å².